The van der Waals surface area contributed by atoms with Gasteiger partial charge in [0.25, 0.3) is 0 Å². The maximum absolute atomic E-state index is 12.7. The lowest BCUT2D eigenvalue weighted by molar-refractivity contribution is -0.119. The van der Waals surface area contributed by atoms with Gasteiger partial charge >= 0.3 is 0 Å². The molecule has 41 heavy (non-hydrogen) atoms. The van der Waals surface area contributed by atoms with Crippen molar-refractivity contribution < 1.29 is 35.8 Å². The van der Waals surface area contributed by atoms with Crippen LogP contribution in [0.2, 0.25) is 0 Å². The Labute approximate surface area is 240 Å². The van der Waals surface area contributed by atoms with Crippen molar-refractivity contribution in [3.63, 3.8) is 0 Å². The van der Waals surface area contributed by atoms with Crippen molar-refractivity contribution in [2.45, 2.75) is 11.5 Å². The van der Waals surface area contributed by atoms with E-state index >= 15 is 0 Å². The SMILES string of the molecule is CS(=O)(=O)N(CC(=O)NCCOc1ccc(S(=O)(=O)N2CCOCC2)cc1)c1ccc(OCc2ccccc2)cc1. The number of carbonyl (C=O) groups excluding carboxylic acids is 1. The summed E-state index contributed by atoms with van der Waals surface area (Å²) in [6.45, 7) is 1.55. The van der Waals surface area contributed by atoms with Gasteiger partial charge in [0.15, 0.2) is 0 Å². The topological polar surface area (TPSA) is 132 Å². The largest absolute Gasteiger partial charge is 0.492 e. The number of sulfonamides is 2. The molecule has 13 heteroatoms. The molecular formula is C28H33N3O8S2. The monoisotopic (exact) mass is 603 g/mol. The maximum Gasteiger partial charge on any atom is 0.243 e. The van der Waals surface area contributed by atoms with Gasteiger partial charge < -0.3 is 19.5 Å². The van der Waals surface area contributed by atoms with Crippen molar-refractivity contribution in [3.8, 4) is 11.5 Å². The molecule has 1 N–H and O–H groups in total. The summed E-state index contributed by atoms with van der Waals surface area (Å²) in [5.74, 6) is 0.502. The highest BCUT2D eigenvalue weighted by Gasteiger charge is 2.26. The molecule has 1 aliphatic heterocycles. The molecule has 3 aromatic rings. The van der Waals surface area contributed by atoms with Gasteiger partial charge in [-0.25, -0.2) is 16.8 Å². The molecule has 220 valence electrons. The van der Waals surface area contributed by atoms with Crippen LogP contribution in [0.15, 0.2) is 83.8 Å². The van der Waals surface area contributed by atoms with Crippen LogP contribution in [0.25, 0.3) is 0 Å². The van der Waals surface area contributed by atoms with Gasteiger partial charge in [-0.1, -0.05) is 30.3 Å². The Kier molecular flexibility index (Phi) is 10.2. The first-order valence-corrected chi connectivity index (χ1v) is 16.2. The lowest BCUT2D eigenvalue weighted by atomic mass is 10.2. The van der Waals surface area contributed by atoms with Gasteiger partial charge in [-0.3, -0.25) is 9.10 Å². The molecule has 0 bridgehead atoms. The van der Waals surface area contributed by atoms with Gasteiger partial charge in [-0.05, 0) is 54.1 Å². The molecule has 0 unspecified atom stereocenters. The molecule has 1 fully saturated rings. The van der Waals surface area contributed by atoms with E-state index < -0.39 is 32.5 Å². The van der Waals surface area contributed by atoms with E-state index in [-0.39, 0.29) is 18.0 Å². The lowest BCUT2D eigenvalue weighted by Gasteiger charge is -2.26. The second-order valence-electron chi connectivity index (χ2n) is 9.22. The number of rotatable bonds is 13. The number of benzene rings is 3. The highest BCUT2D eigenvalue weighted by atomic mass is 32.2. The van der Waals surface area contributed by atoms with Crippen LogP contribution in [0.5, 0.6) is 11.5 Å². The first-order chi connectivity index (χ1) is 19.6. The summed E-state index contributed by atoms with van der Waals surface area (Å²) >= 11 is 0. The van der Waals surface area contributed by atoms with Gasteiger partial charge in [-0.15, -0.1) is 0 Å². The van der Waals surface area contributed by atoms with Crippen molar-refractivity contribution >= 4 is 31.6 Å². The van der Waals surface area contributed by atoms with E-state index in [0.717, 1.165) is 16.1 Å². The normalized spacial score (nSPS) is 14.3. The Hall–Kier alpha value is -3.65. The van der Waals surface area contributed by atoms with Crippen molar-refractivity contribution in [2.75, 3.05) is 56.6 Å². The zero-order chi connectivity index (χ0) is 29.3. The standard InChI is InChI=1S/C28H33N3O8S2/c1-40(33,34)31(24-7-9-26(10-8-24)39-22-23-5-3-2-4-6-23)21-28(32)29-15-18-38-25-11-13-27(14-12-25)41(35,36)30-16-19-37-20-17-30/h2-14H,15-22H2,1H3,(H,29,32). The minimum Gasteiger partial charge on any atom is -0.492 e. The average Bonchev–Trinajstić information content (AvgIpc) is 2.98. The Bertz CT molecular complexity index is 1490. The average molecular weight is 604 g/mol. The van der Waals surface area contributed by atoms with Gasteiger partial charge in [0.05, 0.1) is 36.6 Å². The number of morpholine rings is 1. The van der Waals surface area contributed by atoms with Crippen LogP contribution in [-0.2, 0) is 36.2 Å². The summed E-state index contributed by atoms with van der Waals surface area (Å²) in [5, 5.41) is 2.64. The van der Waals surface area contributed by atoms with Gasteiger partial charge in [0, 0.05) is 13.1 Å². The fraction of sp³-hybridized carbons (Fsp3) is 0.321. The molecular weight excluding hydrogens is 570 g/mol. The Balaban J connectivity index is 1.25. The quantitative estimate of drug-likeness (QED) is 0.295. The smallest absolute Gasteiger partial charge is 0.243 e. The van der Waals surface area contributed by atoms with E-state index in [2.05, 4.69) is 5.32 Å². The van der Waals surface area contributed by atoms with Crippen molar-refractivity contribution in [1.82, 2.24) is 9.62 Å². The maximum atomic E-state index is 12.7. The third-order valence-corrected chi connectivity index (χ3v) is 9.24. The van der Waals surface area contributed by atoms with Crippen LogP contribution in [0, 0.1) is 0 Å². The number of nitrogens with one attached hydrogen (secondary N) is 1. The van der Waals surface area contributed by atoms with Crippen LogP contribution >= 0.6 is 0 Å². The summed E-state index contributed by atoms with van der Waals surface area (Å²) in [4.78, 5) is 12.7. The molecule has 0 atom stereocenters. The van der Waals surface area contributed by atoms with E-state index in [1.807, 2.05) is 30.3 Å². The number of ether oxygens (including phenoxy) is 3. The third kappa shape index (κ3) is 8.67. The number of hydrogen-bond donors (Lipinski definition) is 1. The molecule has 1 saturated heterocycles. The van der Waals surface area contributed by atoms with Crippen LogP contribution in [-0.4, -0.2) is 79.3 Å². The molecule has 4 rings (SSSR count). The summed E-state index contributed by atoms with van der Waals surface area (Å²) in [6.07, 6.45) is 1.03. The molecule has 1 heterocycles. The molecule has 0 aliphatic carbocycles. The Morgan fingerprint density at radius 1 is 0.878 bits per heavy atom. The number of nitrogens with zero attached hydrogens (tertiary/aromatic N) is 2. The van der Waals surface area contributed by atoms with Crippen molar-refractivity contribution in [2.24, 2.45) is 0 Å². The minimum atomic E-state index is -3.74. The van der Waals surface area contributed by atoms with Crippen LogP contribution in [0.3, 0.4) is 0 Å². The van der Waals surface area contributed by atoms with Gasteiger partial charge in [0.1, 0.15) is 31.3 Å². The van der Waals surface area contributed by atoms with E-state index in [1.165, 1.54) is 16.4 Å². The molecule has 0 aromatic heterocycles. The third-order valence-electron chi connectivity index (χ3n) is 6.19. The predicted molar refractivity (Wildman–Crippen MR) is 154 cm³/mol. The van der Waals surface area contributed by atoms with E-state index in [4.69, 9.17) is 14.2 Å². The fourth-order valence-corrected chi connectivity index (χ4v) is 6.30. The summed E-state index contributed by atoms with van der Waals surface area (Å²) in [7, 11) is -7.34. The molecule has 11 nitrogen and oxygen atoms in total. The number of amides is 1. The Morgan fingerprint density at radius 2 is 1.49 bits per heavy atom. The van der Waals surface area contributed by atoms with Gasteiger partial charge in [0.2, 0.25) is 26.0 Å². The highest BCUT2D eigenvalue weighted by Crippen LogP contribution is 2.23. The molecule has 0 spiro atoms. The Morgan fingerprint density at radius 3 is 2.12 bits per heavy atom. The number of carbonyl (C=O) groups is 1. The second-order valence-corrected chi connectivity index (χ2v) is 13.1. The van der Waals surface area contributed by atoms with Crippen LogP contribution in [0.4, 0.5) is 5.69 Å². The fourth-order valence-electron chi connectivity index (χ4n) is 4.04. The summed E-state index contributed by atoms with van der Waals surface area (Å²) in [5.41, 5.74) is 1.34. The lowest BCUT2D eigenvalue weighted by Crippen LogP contribution is -2.41. The van der Waals surface area contributed by atoms with Crippen LogP contribution < -0.4 is 19.1 Å². The minimum absolute atomic E-state index is 0.105. The molecule has 1 amide bonds. The number of anilines is 1. The number of hydrogen-bond acceptors (Lipinski definition) is 8. The zero-order valence-electron chi connectivity index (χ0n) is 22.6. The first-order valence-electron chi connectivity index (χ1n) is 12.9. The second kappa shape index (κ2) is 13.8. The summed E-state index contributed by atoms with van der Waals surface area (Å²) < 4.78 is 69.2. The first kappa shape index (κ1) is 30.3. The van der Waals surface area contributed by atoms with E-state index in [1.54, 1.807) is 36.4 Å². The highest BCUT2D eigenvalue weighted by molar-refractivity contribution is 7.92. The van der Waals surface area contributed by atoms with Crippen LogP contribution in [0.1, 0.15) is 5.56 Å². The van der Waals surface area contributed by atoms with E-state index in [9.17, 15) is 21.6 Å². The predicted octanol–water partition coefficient (Wildman–Crippen LogP) is 2.25. The van der Waals surface area contributed by atoms with Gasteiger partial charge in [-0.2, -0.15) is 4.31 Å². The molecule has 0 saturated carbocycles. The molecule has 0 radical (unpaired) electrons. The molecule has 3 aromatic carbocycles. The van der Waals surface area contributed by atoms with E-state index in [0.29, 0.717) is 50.1 Å². The zero-order valence-corrected chi connectivity index (χ0v) is 24.3. The van der Waals surface area contributed by atoms with Crippen molar-refractivity contribution in [1.29, 1.82) is 0 Å². The summed E-state index contributed by atoms with van der Waals surface area (Å²) in [6, 6.07) is 22.2. The molecule has 1 aliphatic rings. The van der Waals surface area contributed by atoms with Crippen molar-refractivity contribution in [3.05, 3.63) is 84.4 Å².